The van der Waals surface area contributed by atoms with E-state index < -0.39 is 0 Å². The van der Waals surface area contributed by atoms with Crippen molar-refractivity contribution in [3.8, 4) is 0 Å². The first-order valence-corrected chi connectivity index (χ1v) is 10.2. The number of rotatable bonds is 7. The number of likely N-dealkylation sites (tertiary alicyclic amines) is 1. The first kappa shape index (κ1) is 23.1. The average Bonchev–Trinajstić information content (AvgIpc) is 3.00. The molecule has 0 radical (unpaired) electrons. The number of carbonyl (C=O) groups excluding carboxylic acids is 1. The van der Waals surface area contributed by atoms with Crippen molar-refractivity contribution in [2.75, 3.05) is 26.2 Å². The van der Waals surface area contributed by atoms with Gasteiger partial charge in [0.2, 0.25) is 5.91 Å². The minimum absolute atomic E-state index is 0. The second-order valence-corrected chi connectivity index (χ2v) is 7.54. The maximum absolute atomic E-state index is 12.4. The molecule has 0 spiro atoms. The zero-order valence-electron chi connectivity index (χ0n) is 16.1. The summed E-state index contributed by atoms with van der Waals surface area (Å²) >= 11 is 1.68. The topological polar surface area (TPSA) is 69.6 Å². The minimum Gasteiger partial charge on any atom is -0.357 e. The van der Waals surface area contributed by atoms with Gasteiger partial charge in [0.25, 0.3) is 0 Å². The van der Waals surface area contributed by atoms with Gasteiger partial charge in [-0.25, -0.2) is 4.98 Å². The molecule has 2 rings (SSSR count). The van der Waals surface area contributed by atoms with E-state index in [1.165, 1.54) is 6.42 Å². The molecule has 1 aliphatic rings. The number of thiazole rings is 1. The lowest BCUT2D eigenvalue weighted by Crippen LogP contribution is -2.42. The fourth-order valence-corrected chi connectivity index (χ4v) is 3.70. The molecular weight excluding hydrogens is 461 g/mol. The van der Waals surface area contributed by atoms with Crippen LogP contribution in [0.3, 0.4) is 0 Å². The van der Waals surface area contributed by atoms with Crippen LogP contribution < -0.4 is 10.6 Å². The van der Waals surface area contributed by atoms with Crippen LogP contribution in [0, 0.1) is 6.92 Å². The maximum Gasteiger partial charge on any atom is 0.224 e. The Balaban J connectivity index is 0.00000338. The Morgan fingerprint density at radius 1 is 1.42 bits per heavy atom. The molecular formula is C18H32IN5OS. The SMILES string of the molecule is CCNC(=NCCC(=O)N1CCCCC1C)NCCc1csc(C)n1.I. The van der Waals surface area contributed by atoms with Crippen molar-refractivity contribution in [2.24, 2.45) is 4.99 Å². The first-order valence-electron chi connectivity index (χ1n) is 9.32. The van der Waals surface area contributed by atoms with Crippen LogP contribution in [0.5, 0.6) is 0 Å². The highest BCUT2D eigenvalue weighted by molar-refractivity contribution is 14.0. The number of aryl methyl sites for hydroxylation is 1. The van der Waals surface area contributed by atoms with Crippen molar-refractivity contribution in [3.05, 3.63) is 16.1 Å². The zero-order chi connectivity index (χ0) is 18.1. The summed E-state index contributed by atoms with van der Waals surface area (Å²) < 4.78 is 0. The number of halogens is 1. The fraction of sp³-hybridized carbons (Fsp3) is 0.722. The van der Waals surface area contributed by atoms with Crippen LogP contribution in [0.15, 0.2) is 10.4 Å². The van der Waals surface area contributed by atoms with Crippen molar-refractivity contribution < 1.29 is 4.79 Å². The summed E-state index contributed by atoms with van der Waals surface area (Å²) in [7, 11) is 0. The molecule has 0 aliphatic carbocycles. The second-order valence-electron chi connectivity index (χ2n) is 6.48. The van der Waals surface area contributed by atoms with Crippen molar-refractivity contribution in [3.63, 3.8) is 0 Å². The van der Waals surface area contributed by atoms with Crippen molar-refractivity contribution in [2.45, 2.75) is 58.9 Å². The van der Waals surface area contributed by atoms with Gasteiger partial charge in [-0.05, 0) is 40.0 Å². The molecule has 1 amide bonds. The molecule has 1 fully saturated rings. The molecule has 1 unspecified atom stereocenters. The van der Waals surface area contributed by atoms with E-state index in [1.54, 1.807) is 11.3 Å². The Bertz CT molecular complexity index is 578. The Kier molecular flexibility index (Phi) is 11.1. The van der Waals surface area contributed by atoms with E-state index in [0.717, 1.165) is 55.6 Å². The number of piperidine rings is 1. The van der Waals surface area contributed by atoms with Crippen LogP contribution in [0.4, 0.5) is 0 Å². The molecule has 2 heterocycles. The Morgan fingerprint density at radius 3 is 2.88 bits per heavy atom. The molecule has 0 bridgehead atoms. The van der Waals surface area contributed by atoms with Crippen molar-refractivity contribution in [1.82, 2.24) is 20.5 Å². The number of hydrogen-bond acceptors (Lipinski definition) is 4. The number of nitrogens with one attached hydrogen (secondary N) is 2. The molecule has 0 aromatic carbocycles. The third kappa shape index (κ3) is 7.77. The quantitative estimate of drug-likeness (QED) is 0.348. The zero-order valence-corrected chi connectivity index (χ0v) is 19.2. The summed E-state index contributed by atoms with van der Waals surface area (Å²) in [5, 5.41) is 9.75. The average molecular weight is 493 g/mol. The summed E-state index contributed by atoms with van der Waals surface area (Å²) in [5.41, 5.74) is 1.11. The van der Waals surface area contributed by atoms with E-state index in [-0.39, 0.29) is 29.9 Å². The molecule has 148 valence electrons. The van der Waals surface area contributed by atoms with E-state index >= 15 is 0 Å². The third-order valence-electron chi connectivity index (χ3n) is 4.40. The number of guanidine groups is 1. The lowest BCUT2D eigenvalue weighted by Gasteiger charge is -2.33. The molecule has 1 aromatic heterocycles. The molecule has 6 nitrogen and oxygen atoms in total. The highest BCUT2D eigenvalue weighted by Crippen LogP contribution is 2.17. The van der Waals surface area contributed by atoms with E-state index in [4.69, 9.17) is 0 Å². The van der Waals surface area contributed by atoms with Crippen LogP contribution in [0.2, 0.25) is 0 Å². The largest absolute Gasteiger partial charge is 0.357 e. The van der Waals surface area contributed by atoms with E-state index in [9.17, 15) is 4.79 Å². The highest BCUT2D eigenvalue weighted by atomic mass is 127. The van der Waals surface area contributed by atoms with E-state index in [1.807, 2.05) is 18.7 Å². The summed E-state index contributed by atoms with van der Waals surface area (Å²) in [6.07, 6.45) is 4.83. The summed E-state index contributed by atoms with van der Waals surface area (Å²) in [5.74, 6) is 0.999. The number of nitrogens with zero attached hydrogens (tertiary/aromatic N) is 3. The van der Waals surface area contributed by atoms with Crippen LogP contribution in [0.1, 0.15) is 50.2 Å². The molecule has 26 heavy (non-hydrogen) atoms. The molecule has 1 aromatic rings. The highest BCUT2D eigenvalue weighted by Gasteiger charge is 2.22. The fourth-order valence-electron chi connectivity index (χ4n) is 3.05. The third-order valence-corrected chi connectivity index (χ3v) is 5.23. The summed E-state index contributed by atoms with van der Waals surface area (Å²) in [6.45, 7) is 9.22. The Labute approximate surface area is 178 Å². The molecule has 1 atom stereocenters. The monoisotopic (exact) mass is 493 g/mol. The molecule has 2 N–H and O–H groups in total. The summed E-state index contributed by atoms with van der Waals surface area (Å²) in [4.78, 5) is 23.4. The van der Waals surface area contributed by atoms with Gasteiger partial charge in [0.1, 0.15) is 0 Å². The van der Waals surface area contributed by atoms with Crippen LogP contribution in [-0.2, 0) is 11.2 Å². The van der Waals surface area contributed by atoms with E-state index in [2.05, 4.69) is 32.9 Å². The lowest BCUT2D eigenvalue weighted by atomic mass is 10.0. The smallest absolute Gasteiger partial charge is 0.224 e. The summed E-state index contributed by atoms with van der Waals surface area (Å²) in [6, 6.07) is 0.373. The van der Waals surface area contributed by atoms with Crippen molar-refractivity contribution in [1.29, 1.82) is 0 Å². The molecule has 1 saturated heterocycles. The van der Waals surface area contributed by atoms with Gasteiger partial charge in [-0.3, -0.25) is 9.79 Å². The number of aliphatic imine (C=N–C) groups is 1. The van der Waals surface area contributed by atoms with Crippen LogP contribution in [-0.4, -0.2) is 54.0 Å². The van der Waals surface area contributed by atoms with E-state index in [0.29, 0.717) is 19.0 Å². The minimum atomic E-state index is 0. The van der Waals surface area contributed by atoms with Gasteiger partial charge in [-0.1, -0.05) is 0 Å². The van der Waals surface area contributed by atoms with Crippen LogP contribution in [0.25, 0.3) is 0 Å². The maximum atomic E-state index is 12.4. The predicted octanol–water partition coefficient (Wildman–Crippen LogP) is 2.96. The Morgan fingerprint density at radius 2 is 2.23 bits per heavy atom. The predicted molar refractivity (Wildman–Crippen MR) is 120 cm³/mol. The van der Waals surface area contributed by atoms with Crippen molar-refractivity contribution >= 4 is 47.2 Å². The van der Waals surface area contributed by atoms with Gasteiger partial charge in [0, 0.05) is 43.9 Å². The molecule has 1 aliphatic heterocycles. The lowest BCUT2D eigenvalue weighted by molar-refractivity contribution is -0.134. The standard InChI is InChI=1S/C18H31N5OS.HI/c1-4-19-18(20-10-8-16-13-25-15(3)22-16)21-11-9-17(24)23-12-6-5-7-14(23)2;/h13-14H,4-12H2,1-3H3,(H2,19,20,21);1H. The number of amides is 1. The van der Waals surface area contributed by atoms with Gasteiger partial charge in [-0.15, -0.1) is 35.3 Å². The second kappa shape index (κ2) is 12.5. The number of hydrogen-bond donors (Lipinski definition) is 2. The van der Waals surface area contributed by atoms with Gasteiger partial charge in [0.15, 0.2) is 5.96 Å². The van der Waals surface area contributed by atoms with Gasteiger partial charge >= 0.3 is 0 Å². The van der Waals surface area contributed by atoms with Gasteiger partial charge < -0.3 is 15.5 Å². The van der Waals surface area contributed by atoms with Gasteiger partial charge in [0.05, 0.1) is 17.2 Å². The Hall–Kier alpha value is -0.900. The molecule has 0 saturated carbocycles. The number of aromatic nitrogens is 1. The van der Waals surface area contributed by atoms with Crippen LogP contribution >= 0.6 is 35.3 Å². The number of carbonyl (C=O) groups is 1. The first-order chi connectivity index (χ1) is 12.1. The normalized spacial score (nSPS) is 17.6. The van der Waals surface area contributed by atoms with Gasteiger partial charge in [-0.2, -0.15) is 0 Å². The molecule has 8 heteroatoms.